The molecule has 1 aromatic heterocycles. The zero-order chi connectivity index (χ0) is 12.3. The van der Waals surface area contributed by atoms with Crippen molar-refractivity contribution in [3.05, 3.63) is 40.0 Å². The van der Waals surface area contributed by atoms with Gasteiger partial charge < -0.3 is 10.6 Å². The molecule has 2 N–H and O–H groups in total. The first-order valence-electron chi connectivity index (χ1n) is 4.92. The molecule has 0 aliphatic heterocycles. The highest BCUT2D eigenvalue weighted by Gasteiger charge is 2.01. The van der Waals surface area contributed by atoms with Gasteiger partial charge in [0.05, 0.1) is 5.02 Å². The number of nitrogens with one attached hydrogen (secondary N) is 2. The molecule has 0 aliphatic rings. The lowest BCUT2D eigenvalue weighted by molar-refractivity contribution is 1.15. The van der Waals surface area contributed by atoms with Gasteiger partial charge in [0.1, 0.15) is 5.82 Å². The predicted octanol–water partition coefficient (Wildman–Crippen LogP) is 3.68. The summed E-state index contributed by atoms with van der Waals surface area (Å²) >= 11 is 9.35. The molecule has 2 aromatic rings. The fourth-order valence-electron chi connectivity index (χ4n) is 1.27. The Morgan fingerprint density at radius 3 is 2.82 bits per heavy atom. The van der Waals surface area contributed by atoms with Crippen molar-refractivity contribution in [1.29, 1.82) is 0 Å². The lowest BCUT2D eigenvalue weighted by Gasteiger charge is -2.07. The van der Waals surface area contributed by atoms with Gasteiger partial charge in [-0.15, -0.1) is 0 Å². The molecule has 1 heterocycles. The first-order chi connectivity index (χ1) is 8.19. The lowest BCUT2D eigenvalue weighted by atomic mass is 10.3. The SMILES string of the molecule is CNc1nccc(Nc2ccc(Br)c(Cl)c2)n1. The van der Waals surface area contributed by atoms with E-state index in [0.717, 1.165) is 10.2 Å². The van der Waals surface area contributed by atoms with Gasteiger partial charge in [0.15, 0.2) is 0 Å². The summed E-state index contributed by atoms with van der Waals surface area (Å²) in [6, 6.07) is 7.41. The number of halogens is 2. The van der Waals surface area contributed by atoms with Crippen LogP contribution in [0.4, 0.5) is 17.5 Å². The van der Waals surface area contributed by atoms with Crippen LogP contribution in [0.25, 0.3) is 0 Å². The summed E-state index contributed by atoms with van der Waals surface area (Å²) in [7, 11) is 1.77. The normalized spacial score (nSPS) is 10.1. The summed E-state index contributed by atoms with van der Waals surface area (Å²) in [4.78, 5) is 8.29. The van der Waals surface area contributed by atoms with Crippen LogP contribution in [0, 0.1) is 0 Å². The second-order valence-corrected chi connectivity index (χ2v) is 4.53. The highest BCUT2D eigenvalue weighted by Crippen LogP contribution is 2.26. The Balaban J connectivity index is 2.22. The first kappa shape index (κ1) is 12.1. The number of rotatable bonds is 3. The molecular weight excluding hydrogens is 304 g/mol. The van der Waals surface area contributed by atoms with Crippen LogP contribution in [0.3, 0.4) is 0 Å². The van der Waals surface area contributed by atoms with E-state index in [1.807, 2.05) is 18.2 Å². The van der Waals surface area contributed by atoms with E-state index in [1.54, 1.807) is 19.3 Å². The van der Waals surface area contributed by atoms with Crippen molar-refractivity contribution in [2.24, 2.45) is 0 Å². The van der Waals surface area contributed by atoms with Crippen LogP contribution >= 0.6 is 27.5 Å². The van der Waals surface area contributed by atoms with Gasteiger partial charge in [-0.2, -0.15) is 4.98 Å². The minimum atomic E-state index is 0.568. The van der Waals surface area contributed by atoms with Gasteiger partial charge in [-0.25, -0.2) is 4.98 Å². The first-order valence-corrected chi connectivity index (χ1v) is 6.09. The van der Waals surface area contributed by atoms with E-state index in [-0.39, 0.29) is 0 Å². The highest BCUT2D eigenvalue weighted by molar-refractivity contribution is 9.10. The molecule has 0 spiro atoms. The molecule has 0 radical (unpaired) electrons. The molecule has 2 rings (SSSR count). The van der Waals surface area contributed by atoms with E-state index in [2.05, 4.69) is 36.5 Å². The monoisotopic (exact) mass is 312 g/mol. The summed E-state index contributed by atoms with van der Waals surface area (Å²) < 4.78 is 0.864. The van der Waals surface area contributed by atoms with Gasteiger partial charge in [-0.3, -0.25) is 0 Å². The largest absolute Gasteiger partial charge is 0.357 e. The molecule has 88 valence electrons. The number of benzene rings is 1. The van der Waals surface area contributed by atoms with E-state index in [9.17, 15) is 0 Å². The summed E-state index contributed by atoms with van der Waals surface area (Å²) in [5.41, 5.74) is 0.874. The minimum Gasteiger partial charge on any atom is -0.357 e. The van der Waals surface area contributed by atoms with Crippen molar-refractivity contribution >= 4 is 45.0 Å². The Kier molecular flexibility index (Phi) is 3.81. The minimum absolute atomic E-state index is 0.568. The van der Waals surface area contributed by atoms with Crippen molar-refractivity contribution < 1.29 is 0 Å². The quantitative estimate of drug-likeness (QED) is 0.907. The third-order valence-corrected chi connectivity index (χ3v) is 3.30. The molecule has 0 bridgehead atoms. The summed E-state index contributed by atoms with van der Waals surface area (Å²) in [6.45, 7) is 0. The van der Waals surface area contributed by atoms with Crippen LogP contribution in [0.1, 0.15) is 0 Å². The maximum atomic E-state index is 6.01. The fraction of sp³-hybridized carbons (Fsp3) is 0.0909. The summed E-state index contributed by atoms with van der Waals surface area (Å²) in [5, 5.41) is 6.68. The number of aromatic nitrogens is 2. The number of nitrogens with zero attached hydrogens (tertiary/aromatic N) is 2. The number of hydrogen-bond donors (Lipinski definition) is 2. The fourth-order valence-corrected chi connectivity index (χ4v) is 1.70. The average molecular weight is 314 g/mol. The molecule has 0 atom stereocenters. The maximum Gasteiger partial charge on any atom is 0.224 e. The molecule has 0 unspecified atom stereocenters. The van der Waals surface area contributed by atoms with E-state index in [1.165, 1.54) is 0 Å². The van der Waals surface area contributed by atoms with Crippen LogP contribution in [0.15, 0.2) is 34.9 Å². The molecule has 17 heavy (non-hydrogen) atoms. The topological polar surface area (TPSA) is 49.8 Å². The molecule has 6 heteroatoms. The highest BCUT2D eigenvalue weighted by atomic mass is 79.9. The molecule has 0 saturated heterocycles. The van der Waals surface area contributed by atoms with Crippen LogP contribution in [-0.2, 0) is 0 Å². The van der Waals surface area contributed by atoms with Gasteiger partial charge in [-0.1, -0.05) is 11.6 Å². The van der Waals surface area contributed by atoms with Crippen molar-refractivity contribution in [3.8, 4) is 0 Å². The second-order valence-electron chi connectivity index (χ2n) is 3.27. The molecule has 0 saturated carbocycles. The van der Waals surface area contributed by atoms with E-state index in [4.69, 9.17) is 11.6 Å². The summed E-state index contributed by atoms with van der Waals surface area (Å²) in [6.07, 6.45) is 1.68. The van der Waals surface area contributed by atoms with Crippen LogP contribution in [-0.4, -0.2) is 17.0 Å². The molecule has 0 amide bonds. The van der Waals surface area contributed by atoms with Crippen molar-refractivity contribution in [3.63, 3.8) is 0 Å². The third kappa shape index (κ3) is 3.08. The van der Waals surface area contributed by atoms with Crippen LogP contribution in [0.2, 0.25) is 5.02 Å². The van der Waals surface area contributed by atoms with Crippen molar-refractivity contribution in [1.82, 2.24) is 9.97 Å². The predicted molar refractivity (Wildman–Crippen MR) is 74.0 cm³/mol. The number of hydrogen-bond acceptors (Lipinski definition) is 4. The molecule has 0 fully saturated rings. The van der Waals surface area contributed by atoms with E-state index in [0.29, 0.717) is 16.8 Å². The smallest absolute Gasteiger partial charge is 0.224 e. The molecular formula is C11H10BrClN4. The Hall–Kier alpha value is -1.33. The Labute approximate surface area is 113 Å². The Bertz CT molecular complexity index is 533. The zero-order valence-corrected chi connectivity index (χ0v) is 11.4. The number of anilines is 3. The van der Waals surface area contributed by atoms with Crippen molar-refractivity contribution in [2.75, 3.05) is 17.7 Å². The second kappa shape index (κ2) is 5.33. The van der Waals surface area contributed by atoms with Gasteiger partial charge in [0, 0.05) is 23.4 Å². The van der Waals surface area contributed by atoms with Crippen molar-refractivity contribution in [2.45, 2.75) is 0 Å². The Morgan fingerprint density at radius 1 is 1.29 bits per heavy atom. The lowest BCUT2D eigenvalue weighted by Crippen LogP contribution is -1.99. The van der Waals surface area contributed by atoms with E-state index >= 15 is 0 Å². The van der Waals surface area contributed by atoms with Gasteiger partial charge >= 0.3 is 0 Å². The maximum absolute atomic E-state index is 6.01. The van der Waals surface area contributed by atoms with E-state index < -0.39 is 0 Å². The zero-order valence-electron chi connectivity index (χ0n) is 9.04. The molecule has 1 aromatic carbocycles. The van der Waals surface area contributed by atoms with Gasteiger partial charge in [-0.05, 0) is 40.2 Å². The third-order valence-electron chi connectivity index (χ3n) is 2.07. The summed E-state index contributed by atoms with van der Waals surface area (Å²) in [5.74, 6) is 1.28. The van der Waals surface area contributed by atoms with Crippen LogP contribution < -0.4 is 10.6 Å². The van der Waals surface area contributed by atoms with Gasteiger partial charge in [0.25, 0.3) is 0 Å². The Morgan fingerprint density at radius 2 is 2.12 bits per heavy atom. The molecule has 4 nitrogen and oxygen atoms in total. The van der Waals surface area contributed by atoms with Gasteiger partial charge in [0.2, 0.25) is 5.95 Å². The van der Waals surface area contributed by atoms with Crippen LogP contribution in [0.5, 0.6) is 0 Å². The average Bonchev–Trinajstić information content (AvgIpc) is 2.34. The standard InChI is InChI=1S/C11H10BrClN4/c1-14-11-15-5-4-10(17-11)16-7-2-3-8(12)9(13)6-7/h2-6H,1H3,(H2,14,15,16,17). The molecule has 0 aliphatic carbocycles.